The molecule has 0 bridgehead atoms. The van der Waals surface area contributed by atoms with E-state index in [2.05, 4.69) is 4.98 Å². The molecule has 1 aromatic heterocycles. The molecule has 4 rings (SSSR count). The molecular formula is C26H33N3O7S2. The van der Waals surface area contributed by atoms with Gasteiger partial charge in [0, 0.05) is 26.8 Å². The molecule has 10 nitrogen and oxygen atoms in total. The van der Waals surface area contributed by atoms with Crippen LogP contribution in [0.3, 0.4) is 0 Å². The zero-order valence-corrected chi connectivity index (χ0v) is 23.2. The van der Waals surface area contributed by atoms with Gasteiger partial charge in [-0.25, -0.2) is 21.8 Å². The topological polar surface area (TPSA) is 117 Å². The Morgan fingerprint density at radius 3 is 2.55 bits per heavy atom. The second-order valence-electron chi connectivity index (χ2n) is 9.03. The van der Waals surface area contributed by atoms with Crippen molar-refractivity contribution in [2.75, 3.05) is 34.0 Å². The van der Waals surface area contributed by atoms with Crippen LogP contribution in [0.15, 0.2) is 70.8 Å². The average Bonchev–Trinajstić information content (AvgIpc) is 3.58. The van der Waals surface area contributed by atoms with Crippen molar-refractivity contribution in [3.63, 3.8) is 0 Å². The van der Waals surface area contributed by atoms with Crippen molar-refractivity contribution < 1.29 is 31.0 Å². The molecule has 0 spiro atoms. The maximum atomic E-state index is 13.6. The fourth-order valence-corrected chi connectivity index (χ4v) is 7.39. The van der Waals surface area contributed by atoms with Gasteiger partial charge in [0.05, 0.1) is 48.9 Å². The lowest BCUT2D eigenvalue weighted by molar-refractivity contribution is 0.0920. The predicted octanol–water partition coefficient (Wildman–Crippen LogP) is 2.88. The summed E-state index contributed by atoms with van der Waals surface area (Å²) < 4.78 is 73.3. The molecular weight excluding hydrogens is 530 g/mol. The molecule has 2 aromatic carbocycles. The zero-order valence-electron chi connectivity index (χ0n) is 21.5. The van der Waals surface area contributed by atoms with Gasteiger partial charge >= 0.3 is 0 Å². The number of sulfone groups is 1. The molecule has 0 aliphatic carbocycles. The highest BCUT2D eigenvalue weighted by Gasteiger charge is 2.32. The summed E-state index contributed by atoms with van der Waals surface area (Å²) in [5.74, 6) is 0.271. The molecule has 1 fully saturated rings. The van der Waals surface area contributed by atoms with Gasteiger partial charge in [-0.05, 0) is 42.7 Å². The Kier molecular flexibility index (Phi) is 9.21. The summed E-state index contributed by atoms with van der Waals surface area (Å²) in [5.41, 5.74) is 1.00. The third-order valence-electron chi connectivity index (χ3n) is 6.34. The standard InChI is InChI=1S/C26H33N3O7S2/c1-34-15-13-29-22(17-27-26(29)37(30,31)20-21-8-6-9-23(16-21)35-2)18-28(19-24-10-7-14-36-24)38(32,33)25-11-4-3-5-12-25/h3-6,8-9,11-12,16-17,24H,7,10,13-15,18-20H2,1-2H3/t24-/m1/s1. The molecule has 206 valence electrons. The van der Waals surface area contributed by atoms with Crippen LogP contribution in [0, 0.1) is 0 Å². The summed E-state index contributed by atoms with van der Waals surface area (Å²) in [6.45, 7) is 1.09. The van der Waals surface area contributed by atoms with Gasteiger partial charge in [0.25, 0.3) is 0 Å². The number of nitrogens with zero attached hydrogens (tertiary/aromatic N) is 3. The Morgan fingerprint density at radius 2 is 1.87 bits per heavy atom. The van der Waals surface area contributed by atoms with Crippen LogP contribution in [0.1, 0.15) is 24.1 Å². The highest BCUT2D eigenvalue weighted by atomic mass is 32.2. The van der Waals surface area contributed by atoms with Gasteiger partial charge in [0.1, 0.15) is 5.75 Å². The van der Waals surface area contributed by atoms with Crippen molar-refractivity contribution in [3.8, 4) is 5.75 Å². The number of ether oxygens (including phenoxy) is 3. The minimum atomic E-state index is -3.89. The molecule has 3 aromatic rings. The van der Waals surface area contributed by atoms with Gasteiger partial charge in [-0.15, -0.1) is 0 Å². The summed E-state index contributed by atoms with van der Waals surface area (Å²) in [4.78, 5) is 4.41. The van der Waals surface area contributed by atoms with Crippen molar-refractivity contribution in [2.24, 2.45) is 0 Å². The fourth-order valence-electron chi connectivity index (χ4n) is 4.42. The smallest absolute Gasteiger partial charge is 0.243 e. The van der Waals surface area contributed by atoms with Crippen molar-refractivity contribution in [3.05, 3.63) is 72.1 Å². The van der Waals surface area contributed by atoms with E-state index in [1.165, 1.54) is 29.3 Å². The fraction of sp³-hybridized carbons (Fsp3) is 0.423. The van der Waals surface area contributed by atoms with E-state index in [0.717, 1.165) is 12.8 Å². The minimum Gasteiger partial charge on any atom is -0.497 e. The van der Waals surface area contributed by atoms with E-state index in [0.29, 0.717) is 23.6 Å². The molecule has 0 saturated carbocycles. The molecule has 0 unspecified atom stereocenters. The first kappa shape index (κ1) is 28.2. The van der Waals surface area contributed by atoms with E-state index in [4.69, 9.17) is 14.2 Å². The van der Waals surface area contributed by atoms with Crippen LogP contribution in [0.5, 0.6) is 5.75 Å². The van der Waals surface area contributed by atoms with Gasteiger partial charge in [-0.2, -0.15) is 4.31 Å². The molecule has 1 saturated heterocycles. The first-order valence-electron chi connectivity index (χ1n) is 12.3. The first-order valence-corrected chi connectivity index (χ1v) is 15.4. The van der Waals surface area contributed by atoms with E-state index in [-0.39, 0.29) is 48.1 Å². The summed E-state index contributed by atoms with van der Waals surface area (Å²) in [6, 6.07) is 15.0. The summed E-state index contributed by atoms with van der Waals surface area (Å²) in [7, 11) is -4.73. The van der Waals surface area contributed by atoms with Gasteiger partial charge in [0.2, 0.25) is 25.0 Å². The zero-order chi connectivity index (χ0) is 27.2. The Hall–Kier alpha value is -2.77. The summed E-state index contributed by atoms with van der Waals surface area (Å²) in [6.07, 6.45) is 2.81. The Labute approximate surface area is 224 Å². The molecule has 2 heterocycles. The Morgan fingerprint density at radius 1 is 1.08 bits per heavy atom. The Bertz CT molecular complexity index is 1420. The van der Waals surface area contributed by atoms with E-state index in [1.807, 2.05) is 0 Å². The summed E-state index contributed by atoms with van der Waals surface area (Å²) >= 11 is 0. The molecule has 1 atom stereocenters. The first-order chi connectivity index (χ1) is 18.2. The number of benzene rings is 2. The lowest BCUT2D eigenvalue weighted by Crippen LogP contribution is -2.37. The second kappa shape index (κ2) is 12.4. The lowest BCUT2D eigenvalue weighted by Gasteiger charge is -2.25. The van der Waals surface area contributed by atoms with Crippen LogP contribution in [-0.2, 0) is 48.2 Å². The predicted molar refractivity (Wildman–Crippen MR) is 141 cm³/mol. The van der Waals surface area contributed by atoms with Crippen LogP contribution in [0.4, 0.5) is 0 Å². The molecule has 0 amide bonds. The maximum Gasteiger partial charge on any atom is 0.243 e. The van der Waals surface area contributed by atoms with E-state index in [1.54, 1.807) is 54.6 Å². The third kappa shape index (κ3) is 6.62. The second-order valence-corrected chi connectivity index (χ2v) is 12.9. The van der Waals surface area contributed by atoms with Crippen LogP contribution < -0.4 is 4.74 Å². The average molecular weight is 564 g/mol. The molecule has 12 heteroatoms. The SMILES string of the molecule is COCCn1c(CN(C[C@H]2CCCO2)S(=O)(=O)c2ccccc2)cnc1S(=O)(=O)Cc1cccc(OC)c1. The number of hydrogen-bond donors (Lipinski definition) is 0. The van der Waals surface area contributed by atoms with E-state index < -0.39 is 19.9 Å². The van der Waals surface area contributed by atoms with Gasteiger partial charge in [-0.1, -0.05) is 30.3 Å². The molecule has 0 N–H and O–H groups in total. The quantitative estimate of drug-likeness (QED) is 0.312. The number of methoxy groups -OCH3 is 2. The van der Waals surface area contributed by atoms with Crippen molar-refractivity contribution in [1.82, 2.24) is 13.9 Å². The van der Waals surface area contributed by atoms with Crippen molar-refractivity contribution in [2.45, 2.75) is 47.8 Å². The van der Waals surface area contributed by atoms with Crippen molar-refractivity contribution >= 4 is 19.9 Å². The van der Waals surface area contributed by atoms with Gasteiger partial charge < -0.3 is 18.8 Å². The van der Waals surface area contributed by atoms with Crippen LogP contribution in [-0.4, -0.2) is 70.8 Å². The minimum absolute atomic E-state index is 0.0670. The molecule has 0 radical (unpaired) electrons. The molecule has 1 aliphatic rings. The molecule has 1 aliphatic heterocycles. The number of aromatic nitrogens is 2. The van der Waals surface area contributed by atoms with E-state index in [9.17, 15) is 16.8 Å². The van der Waals surface area contributed by atoms with Gasteiger partial charge in [0.15, 0.2) is 0 Å². The highest BCUT2D eigenvalue weighted by Crippen LogP contribution is 2.25. The number of sulfonamides is 1. The number of rotatable bonds is 13. The highest BCUT2D eigenvalue weighted by molar-refractivity contribution is 7.90. The third-order valence-corrected chi connectivity index (χ3v) is 9.76. The normalized spacial score (nSPS) is 16.2. The van der Waals surface area contributed by atoms with Crippen LogP contribution in [0.2, 0.25) is 0 Å². The largest absolute Gasteiger partial charge is 0.497 e. The van der Waals surface area contributed by atoms with Crippen molar-refractivity contribution in [1.29, 1.82) is 0 Å². The summed E-state index contributed by atoms with van der Waals surface area (Å²) in [5, 5.41) is -0.137. The van der Waals surface area contributed by atoms with Crippen LogP contribution in [0.25, 0.3) is 0 Å². The lowest BCUT2D eigenvalue weighted by atomic mass is 10.2. The van der Waals surface area contributed by atoms with E-state index >= 15 is 0 Å². The monoisotopic (exact) mass is 563 g/mol. The Balaban J connectivity index is 1.68. The number of imidazole rings is 1. The maximum absolute atomic E-state index is 13.6. The van der Waals surface area contributed by atoms with Crippen LogP contribution >= 0.6 is 0 Å². The van der Waals surface area contributed by atoms with Gasteiger partial charge in [-0.3, -0.25) is 0 Å². The number of hydrogen-bond acceptors (Lipinski definition) is 8. The molecule has 38 heavy (non-hydrogen) atoms.